The molecule has 6 heteroatoms. The normalized spacial score (nSPS) is 18.2. The first-order chi connectivity index (χ1) is 3.70. The Morgan fingerprint density at radius 1 is 1.12 bits per heavy atom. The fourth-order valence-electron chi connectivity index (χ4n) is 0.229. The van der Waals surface area contributed by atoms with Crippen molar-refractivity contribution in [2.75, 3.05) is 0 Å². The number of hydrogen-bond donors (Lipinski definition) is 0. The van der Waals surface area contributed by atoms with E-state index in [4.69, 9.17) is 0 Å². The highest BCUT2D eigenvalue weighted by Gasteiger charge is 2.47. The molecule has 0 bridgehead atoms. The summed E-state index contributed by atoms with van der Waals surface area (Å²) in [5.41, 5.74) is 0. The Balaban J connectivity index is 2.79. The second-order valence-electron chi connectivity index (χ2n) is 0.981. The van der Waals surface area contributed by atoms with E-state index >= 15 is 0 Å². The van der Waals surface area contributed by atoms with Crippen LogP contribution in [-0.2, 0) is 23.2 Å². The first-order valence-corrected chi connectivity index (χ1v) is 2.71. The molecule has 0 aromatic rings. The van der Waals surface area contributed by atoms with Crippen molar-refractivity contribution in [3.05, 3.63) is 0 Å². The Morgan fingerprint density at radius 3 is 1.62 bits per heavy atom. The maximum atomic E-state index is 9.93. The van der Waals surface area contributed by atoms with E-state index in [9.17, 15) is 14.2 Å². The summed E-state index contributed by atoms with van der Waals surface area (Å²) in [7, 11) is -2.49. The van der Waals surface area contributed by atoms with Crippen LogP contribution < -0.4 is 0 Å². The highest BCUT2D eigenvalue weighted by molar-refractivity contribution is 7.36. The van der Waals surface area contributed by atoms with Crippen molar-refractivity contribution in [3.8, 4) is 0 Å². The first kappa shape index (κ1) is 5.18. The predicted molar refractivity (Wildman–Crippen MR) is 19.8 cm³/mol. The number of hydrogen-bond acceptors (Lipinski definition) is 5. The lowest BCUT2D eigenvalue weighted by Gasteiger charge is -1.59. The maximum absolute atomic E-state index is 9.93. The Kier molecular flexibility index (Phi) is 0.986. The van der Waals surface area contributed by atoms with Gasteiger partial charge in [0.1, 0.15) is 0 Å². The second kappa shape index (κ2) is 1.52. The van der Waals surface area contributed by atoms with Gasteiger partial charge in [0.05, 0.1) is 0 Å². The van der Waals surface area contributed by atoms with Gasteiger partial charge in [0.2, 0.25) is 0 Å². The molecule has 0 radical (unpaired) electrons. The van der Waals surface area contributed by atoms with Gasteiger partial charge in [-0.1, -0.05) is 0 Å². The zero-order valence-electron chi connectivity index (χ0n) is 3.49. The summed E-state index contributed by atoms with van der Waals surface area (Å²) in [6, 6.07) is 0. The molecule has 0 atom stereocenters. The highest BCUT2D eigenvalue weighted by atomic mass is 31.1. The zero-order valence-corrected chi connectivity index (χ0v) is 4.38. The minimum atomic E-state index is -2.49. The average Bonchev–Trinajstić information content (AvgIpc) is 1.85. The topological polar surface area (TPSA) is 69.7 Å². The average molecular weight is 135 g/mol. The minimum absolute atomic E-state index is 1.19. The van der Waals surface area contributed by atoms with Crippen LogP contribution >= 0.6 is 8.25 Å². The van der Waals surface area contributed by atoms with Gasteiger partial charge in [0.25, 0.3) is 0 Å². The van der Waals surface area contributed by atoms with Crippen LogP contribution in [0.15, 0.2) is 0 Å². The molecule has 8 heavy (non-hydrogen) atoms. The van der Waals surface area contributed by atoms with E-state index < -0.39 is 20.2 Å². The van der Waals surface area contributed by atoms with Crippen LogP contribution in [0.1, 0.15) is 0 Å². The molecule has 42 valence electrons. The quantitative estimate of drug-likeness (QED) is 0.338. The van der Waals surface area contributed by atoms with Crippen molar-refractivity contribution in [1.29, 1.82) is 0 Å². The molecule has 1 rings (SSSR count). The molecule has 0 amide bonds. The maximum Gasteiger partial charge on any atom is 0.812 e. The molecule has 0 aromatic carbocycles. The lowest BCUT2D eigenvalue weighted by Crippen LogP contribution is -2.05. The van der Waals surface area contributed by atoms with E-state index in [0.717, 1.165) is 0 Å². The molecule has 0 unspecified atom stereocenters. The van der Waals surface area contributed by atoms with Crippen molar-refractivity contribution < 1.29 is 23.2 Å². The third-order valence-corrected chi connectivity index (χ3v) is 1.11. The van der Waals surface area contributed by atoms with Crippen molar-refractivity contribution in [1.82, 2.24) is 0 Å². The molecule has 0 spiro atoms. The van der Waals surface area contributed by atoms with Crippen LogP contribution in [0.3, 0.4) is 0 Å². The zero-order chi connectivity index (χ0) is 6.15. The summed E-state index contributed by atoms with van der Waals surface area (Å²) in [4.78, 5) is 19.8. The summed E-state index contributed by atoms with van der Waals surface area (Å²) >= 11 is 0. The molecule has 0 saturated carbocycles. The van der Waals surface area contributed by atoms with Gasteiger partial charge >= 0.3 is 20.2 Å². The van der Waals surface area contributed by atoms with E-state index in [1.54, 1.807) is 0 Å². The van der Waals surface area contributed by atoms with Gasteiger partial charge in [-0.2, -0.15) is 9.05 Å². The Labute approximate surface area is 44.5 Å². The van der Waals surface area contributed by atoms with Gasteiger partial charge in [-0.25, -0.2) is 9.59 Å². The van der Waals surface area contributed by atoms with Crippen LogP contribution in [0.25, 0.3) is 0 Å². The van der Waals surface area contributed by atoms with E-state index in [1.807, 2.05) is 0 Å². The summed E-state index contributed by atoms with van der Waals surface area (Å²) < 4.78 is 17.5. The molecule has 0 N–H and O–H groups in total. The van der Waals surface area contributed by atoms with Gasteiger partial charge < -0.3 is 0 Å². The van der Waals surface area contributed by atoms with E-state index in [-0.39, 0.29) is 0 Å². The monoisotopic (exact) mass is 135 g/mol. The van der Waals surface area contributed by atoms with Gasteiger partial charge in [0.15, 0.2) is 0 Å². The predicted octanol–water partition coefficient (Wildman–Crippen LogP) is -0.256. The van der Waals surface area contributed by atoms with Crippen LogP contribution in [-0.4, -0.2) is 11.9 Å². The third-order valence-electron chi connectivity index (χ3n) is 0.482. The molecule has 5 nitrogen and oxygen atoms in total. The summed E-state index contributed by atoms with van der Waals surface area (Å²) in [6.07, 6.45) is 0. The molecule has 1 saturated heterocycles. The van der Waals surface area contributed by atoms with Crippen molar-refractivity contribution in [2.45, 2.75) is 0 Å². The molecule has 1 aliphatic heterocycles. The Hall–Kier alpha value is -0.960. The SMILES string of the molecule is O=C1O[P+](=O)OC1=O. The summed E-state index contributed by atoms with van der Waals surface area (Å²) in [5, 5.41) is 0. The van der Waals surface area contributed by atoms with Crippen molar-refractivity contribution in [2.24, 2.45) is 0 Å². The highest BCUT2D eigenvalue weighted by Crippen LogP contribution is 2.30. The van der Waals surface area contributed by atoms with Gasteiger partial charge in [-0.05, 0) is 0 Å². The Bertz CT molecular complexity index is 153. The molecular formula is C2O5P+. The largest absolute Gasteiger partial charge is 0.812 e. The molecule has 0 aromatic heterocycles. The number of rotatable bonds is 0. The minimum Gasteiger partial charge on any atom is -0.232 e. The van der Waals surface area contributed by atoms with Crippen molar-refractivity contribution >= 4 is 20.2 Å². The molecular weight excluding hydrogens is 135 g/mol. The van der Waals surface area contributed by atoms with Crippen molar-refractivity contribution in [3.63, 3.8) is 0 Å². The lowest BCUT2D eigenvalue weighted by molar-refractivity contribution is -0.150. The number of carbonyl (C=O) groups is 2. The molecule has 0 aliphatic carbocycles. The standard InChI is InChI=1S/C2O5P/c3-1-2(4)7-8(5)6-1/q+1. The summed E-state index contributed by atoms with van der Waals surface area (Å²) in [5.74, 6) is -2.38. The molecule has 1 aliphatic rings. The smallest absolute Gasteiger partial charge is 0.232 e. The van der Waals surface area contributed by atoms with E-state index in [2.05, 4.69) is 9.05 Å². The second-order valence-corrected chi connectivity index (χ2v) is 1.79. The fraction of sp³-hybridized carbons (Fsp3) is 0. The molecule has 1 fully saturated rings. The van der Waals surface area contributed by atoms with E-state index in [1.165, 1.54) is 0 Å². The fourth-order valence-corrected chi connectivity index (χ4v) is 0.686. The van der Waals surface area contributed by atoms with Crippen LogP contribution in [0.4, 0.5) is 0 Å². The first-order valence-electron chi connectivity index (χ1n) is 1.61. The molecule has 1 heterocycles. The van der Waals surface area contributed by atoms with Crippen LogP contribution in [0.2, 0.25) is 0 Å². The van der Waals surface area contributed by atoms with Crippen LogP contribution in [0, 0.1) is 0 Å². The summed E-state index contributed by atoms with van der Waals surface area (Å²) in [6.45, 7) is 0. The third kappa shape index (κ3) is 0.675. The van der Waals surface area contributed by atoms with Gasteiger partial charge in [0, 0.05) is 4.57 Å². The lowest BCUT2D eigenvalue weighted by atomic mass is 10.7. The number of carbonyl (C=O) groups excluding carboxylic acids is 2. The van der Waals surface area contributed by atoms with Crippen LogP contribution in [0.5, 0.6) is 0 Å². The Morgan fingerprint density at radius 2 is 1.50 bits per heavy atom. The van der Waals surface area contributed by atoms with Gasteiger partial charge in [-0.3, -0.25) is 0 Å². The van der Waals surface area contributed by atoms with E-state index in [0.29, 0.717) is 0 Å². The van der Waals surface area contributed by atoms with Gasteiger partial charge in [-0.15, -0.1) is 0 Å².